The first-order valence-electron chi connectivity index (χ1n) is 10.9. The van der Waals surface area contributed by atoms with Crippen LogP contribution in [0.2, 0.25) is 0 Å². The summed E-state index contributed by atoms with van der Waals surface area (Å²) in [6.07, 6.45) is 2.23. The van der Waals surface area contributed by atoms with E-state index in [-0.39, 0.29) is 17.3 Å². The van der Waals surface area contributed by atoms with Gasteiger partial charge in [-0.25, -0.2) is 0 Å². The average molecular weight is 486 g/mol. The number of amides is 1. The molecule has 1 N–H and O–H groups in total. The van der Waals surface area contributed by atoms with Gasteiger partial charge in [-0.15, -0.1) is 0 Å². The van der Waals surface area contributed by atoms with Crippen LogP contribution < -0.4 is 9.80 Å². The van der Waals surface area contributed by atoms with Gasteiger partial charge >= 0.3 is 0 Å². The van der Waals surface area contributed by atoms with E-state index in [1.54, 1.807) is 29.3 Å². The van der Waals surface area contributed by atoms with E-state index in [2.05, 4.69) is 21.9 Å². The molecule has 180 valence electrons. The van der Waals surface area contributed by atoms with E-state index in [4.69, 9.17) is 9.90 Å². The minimum atomic E-state index is -3.86. The Labute approximate surface area is 198 Å². The third-order valence-corrected chi connectivity index (χ3v) is 7.84. The van der Waals surface area contributed by atoms with Gasteiger partial charge in [0.15, 0.2) is 0 Å². The molecule has 3 aromatic rings. The Morgan fingerprint density at radius 1 is 1.06 bits per heavy atom. The van der Waals surface area contributed by atoms with Crippen molar-refractivity contribution in [3.8, 4) is 0 Å². The molecule has 0 unspecified atom stereocenters. The van der Waals surface area contributed by atoms with E-state index in [0.29, 0.717) is 18.5 Å². The van der Waals surface area contributed by atoms with Crippen LogP contribution in [0.1, 0.15) is 12.5 Å². The van der Waals surface area contributed by atoms with Crippen LogP contribution >= 0.6 is 0 Å². The number of nitrogens with zero attached hydrogens (tertiary/aromatic N) is 5. The van der Waals surface area contributed by atoms with E-state index in [1.807, 2.05) is 18.2 Å². The molecule has 1 aromatic heterocycles. The van der Waals surface area contributed by atoms with Crippen LogP contribution in [0.3, 0.4) is 0 Å². The van der Waals surface area contributed by atoms with Gasteiger partial charge in [0.2, 0.25) is 5.91 Å². The van der Waals surface area contributed by atoms with Gasteiger partial charge in [0.25, 0.3) is 16.5 Å². The SMILES string of the molecule is CC(=O)N1CCc2cc(S(=O)(=O)n3ncc4ccc(N5CCN(C)CC5)cc43)ccc21.O=CO. The number of anilines is 2. The lowest BCUT2D eigenvalue weighted by Crippen LogP contribution is -2.44. The highest BCUT2D eigenvalue weighted by molar-refractivity contribution is 7.90. The lowest BCUT2D eigenvalue weighted by atomic mass is 10.2. The van der Waals surface area contributed by atoms with E-state index >= 15 is 0 Å². The molecular weight excluding hydrogens is 458 g/mol. The Morgan fingerprint density at radius 2 is 1.76 bits per heavy atom. The predicted octanol–water partition coefficient (Wildman–Crippen LogP) is 1.63. The van der Waals surface area contributed by atoms with Crippen molar-refractivity contribution in [3.63, 3.8) is 0 Å². The first-order valence-corrected chi connectivity index (χ1v) is 12.4. The monoisotopic (exact) mass is 485 g/mol. The molecule has 0 bridgehead atoms. The number of carboxylic acid groups (broad SMARTS) is 1. The smallest absolute Gasteiger partial charge is 0.290 e. The number of fused-ring (bicyclic) bond motifs is 2. The fourth-order valence-corrected chi connectivity index (χ4v) is 5.72. The highest BCUT2D eigenvalue weighted by atomic mass is 32.2. The van der Waals surface area contributed by atoms with Crippen molar-refractivity contribution < 1.29 is 23.1 Å². The summed E-state index contributed by atoms with van der Waals surface area (Å²) in [5, 5.41) is 11.9. The summed E-state index contributed by atoms with van der Waals surface area (Å²) in [7, 11) is -1.76. The van der Waals surface area contributed by atoms with Crippen LogP contribution in [-0.2, 0) is 26.0 Å². The molecule has 2 aromatic carbocycles. The molecule has 10 nitrogen and oxygen atoms in total. The van der Waals surface area contributed by atoms with Crippen molar-refractivity contribution in [1.29, 1.82) is 0 Å². The first-order chi connectivity index (χ1) is 16.3. The number of hydrogen-bond donors (Lipinski definition) is 1. The standard InChI is InChI=1S/C22H25N5O3S.CH2O2/c1-16(28)26-8-7-17-13-20(5-6-21(17)26)31(29,30)27-22-14-19(4-3-18(22)15-23-27)25-11-9-24(2)10-12-25;2-1-3/h3-6,13-15H,7-12H2,1-2H3;1H,(H,2,3). The minimum Gasteiger partial charge on any atom is -0.483 e. The number of likely N-dealkylation sites (N-methyl/N-ethyl adjacent to an activating group) is 1. The molecule has 0 saturated carbocycles. The number of rotatable bonds is 3. The predicted molar refractivity (Wildman–Crippen MR) is 129 cm³/mol. The van der Waals surface area contributed by atoms with E-state index in [1.165, 1.54) is 6.92 Å². The van der Waals surface area contributed by atoms with Gasteiger partial charge in [-0.1, -0.05) is 0 Å². The van der Waals surface area contributed by atoms with Gasteiger partial charge in [-0.3, -0.25) is 9.59 Å². The molecule has 0 radical (unpaired) electrons. The average Bonchev–Trinajstić information content (AvgIpc) is 3.44. The van der Waals surface area contributed by atoms with Crippen molar-refractivity contribution in [3.05, 3.63) is 48.2 Å². The maximum atomic E-state index is 13.5. The van der Waals surface area contributed by atoms with Crippen LogP contribution in [0.5, 0.6) is 0 Å². The van der Waals surface area contributed by atoms with Crippen molar-refractivity contribution in [2.45, 2.75) is 18.2 Å². The van der Waals surface area contributed by atoms with Crippen LogP contribution in [0, 0.1) is 0 Å². The van der Waals surface area contributed by atoms with Crippen molar-refractivity contribution >= 4 is 44.7 Å². The second-order valence-corrected chi connectivity index (χ2v) is 10.1. The van der Waals surface area contributed by atoms with E-state index in [0.717, 1.165) is 52.6 Å². The van der Waals surface area contributed by atoms with Gasteiger partial charge < -0.3 is 19.8 Å². The summed E-state index contributed by atoms with van der Waals surface area (Å²) >= 11 is 0. The summed E-state index contributed by atoms with van der Waals surface area (Å²) in [6.45, 7) is 5.60. The molecule has 2 aliphatic heterocycles. The topological polar surface area (TPSA) is 116 Å². The summed E-state index contributed by atoms with van der Waals surface area (Å²) < 4.78 is 28.0. The summed E-state index contributed by atoms with van der Waals surface area (Å²) in [6, 6.07) is 10.8. The normalized spacial score (nSPS) is 16.2. The summed E-state index contributed by atoms with van der Waals surface area (Å²) in [5.74, 6) is -0.0381. The van der Waals surface area contributed by atoms with Crippen LogP contribution in [0.15, 0.2) is 47.5 Å². The molecule has 5 rings (SSSR count). The number of piperazine rings is 1. The van der Waals surface area contributed by atoms with Gasteiger partial charge in [0, 0.05) is 56.4 Å². The zero-order valence-electron chi connectivity index (χ0n) is 19.1. The van der Waals surface area contributed by atoms with Gasteiger partial charge in [-0.05, 0) is 55.4 Å². The molecule has 2 aliphatic rings. The second-order valence-electron chi connectivity index (χ2n) is 8.34. The highest BCUT2D eigenvalue weighted by Crippen LogP contribution is 2.32. The maximum absolute atomic E-state index is 13.5. The Kier molecular flexibility index (Phi) is 6.58. The largest absolute Gasteiger partial charge is 0.483 e. The zero-order valence-corrected chi connectivity index (χ0v) is 19.9. The first kappa shape index (κ1) is 23.7. The number of hydrogen-bond acceptors (Lipinski definition) is 7. The molecule has 11 heteroatoms. The number of carbonyl (C=O) groups excluding carboxylic acids is 1. The quantitative estimate of drug-likeness (QED) is 0.557. The highest BCUT2D eigenvalue weighted by Gasteiger charge is 2.27. The molecular formula is C23H27N5O5S. The van der Waals surface area contributed by atoms with Gasteiger partial charge in [0.05, 0.1) is 16.6 Å². The molecule has 34 heavy (non-hydrogen) atoms. The Morgan fingerprint density at radius 3 is 2.44 bits per heavy atom. The van der Waals surface area contributed by atoms with Crippen molar-refractivity contribution in [2.75, 3.05) is 49.6 Å². The second kappa shape index (κ2) is 9.43. The Hall–Kier alpha value is -3.44. The van der Waals surface area contributed by atoms with Crippen LogP contribution in [-0.4, -0.2) is 79.8 Å². The number of benzene rings is 2. The molecule has 0 spiro atoms. The van der Waals surface area contributed by atoms with Gasteiger partial charge in [-0.2, -0.15) is 17.6 Å². The Balaban J connectivity index is 0.000000868. The third-order valence-electron chi connectivity index (χ3n) is 6.24. The Bertz CT molecular complexity index is 1330. The molecule has 0 atom stereocenters. The van der Waals surface area contributed by atoms with Gasteiger partial charge in [0.1, 0.15) is 0 Å². The minimum absolute atomic E-state index is 0.0381. The van der Waals surface area contributed by atoms with E-state index < -0.39 is 10.0 Å². The molecule has 1 fully saturated rings. The van der Waals surface area contributed by atoms with E-state index in [9.17, 15) is 13.2 Å². The summed E-state index contributed by atoms with van der Waals surface area (Å²) in [5.41, 5.74) is 3.23. The summed E-state index contributed by atoms with van der Waals surface area (Å²) in [4.78, 5) is 26.6. The van der Waals surface area contributed by atoms with Crippen LogP contribution in [0.4, 0.5) is 11.4 Å². The molecule has 3 heterocycles. The molecule has 1 saturated heterocycles. The molecule has 1 amide bonds. The fraction of sp³-hybridized carbons (Fsp3) is 0.348. The zero-order chi connectivity index (χ0) is 24.5. The molecule has 0 aliphatic carbocycles. The number of carbonyl (C=O) groups is 2. The number of aromatic nitrogens is 2. The third kappa shape index (κ3) is 4.36. The van der Waals surface area contributed by atoms with Crippen molar-refractivity contribution in [1.82, 2.24) is 14.1 Å². The fourth-order valence-electron chi connectivity index (χ4n) is 4.40. The lowest BCUT2D eigenvalue weighted by Gasteiger charge is -2.34. The van der Waals surface area contributed by atoms with Crippen LogP contribution in [0.25, 0.3) is 10.9 Å². The van der Waals surface area contributed by atoms with Crippen molar-refractivity contribution in [2.24, 2.45) is 0 Å². The maximum Gasteiger partial charge on any atom is 0.290 e. The lowest BCUT2D eigenvalue weighted by molar-refractivity contribution is -0.123.